The van der Waals surface area contributed by atoms with Gasteiger partial charge in [0.2, 0.25) is 6.29 Å². The predicted molar refractivity (Wildman–Crippen MR) is 112 cm³/mol. The van der Waals surface area contributed by atoms with Gasteiger partial charge in [0.1, 0.15) is 24.1 Å². The molecule has 1 aromatic carbocycles. The third-order valence-corrected chi connectivity index (χ3v) is 8.71. The van der Waals surface area contributed by atoms with Crippen LogP contribution in [0.3, 0.4) is 0 Å². The minimum Gasteiger partial charge on any atom is -0.479 e. The van der Waals surface area contributed by atoms with Gasteiger partial charge in [0.05, 0.1) is 6.10 Å². The van der Waals surface area contributed by atoms with Gasteiger partial charge < -0.3 is 35.0 Å². The smallest absolute Gasteiger partial charge is 0.335 e. The second-order valence-electron chi connectivity index (χ2n) is 10.3. The van der Waals surface area contributed by atoms with Crippen LogP contribution in [0, 0.1) is 17.3 Å². The lowest BCUT2D eigenvalue weighted by Crippen LogP contribution is -2.61. The van der Waals surface area contributed by atoms with Gasteiger partial charge in [-0.05, 0) is 85.0 Å². The van der Waals surface area contributed by atoms with Crippen molar-refractivity contribution in [1.82, 2.24) is 0 Å². The highest BCUT2D eigenvalue weighted by Gasteiger charge is 2.54. The highest BCUT2D eigenvalue weighted by Crippen LogP contribution is 2.60. The van der Waals surface area contributed by atoms with E-state index < -0.39 is 36.7 Å². The fraction of sp³-hybridized carbons (Fsp3) is 0.708. The summed E-state index contributed by atoms with van der Waals surface area (Å²) in [7, 11) is 0. The molecule has 3 fully saturated rings. The Morgan fingerprint density at radius 2 is 1.88 bits per heavy atom. The van der Waals surface area contributed by atoms with Gasteiger partial charge in [-0.1, -0.05) is 13.0 Å². The number of carboxylic acids is 1. The van der Waals surface area contributed by atoms with Crippen molar-refractivity contribution in [2.24, 2.45) is 17.3 Å². The van der Waals surface area contributed by atoms with E-state index in [0.29, 0.717) is 23.5 Å². The lowest BCUT2D eigenvalue weighted by Gasteiger charge is -2.50. The number of ether oxygens (including phenoxy) is 2. The molecule has 3 aliphatic carbocycles. The molecule has 0 aromatic heterocycles. The van der Waals surface area contributed by atoms with Crippen molar-refractivity contribution in [1.29, 1.82) is 0 Å². The molecule has 1 saturated heterocycles. The second kappa shape index (κ2) is 7.95. The summed E-state index contributed by atoms with van der Waals surface area (Å²) in [6.45, 7) is 2.25. The number of fused-ring (bicyclic) bond motifs is 5. The molecule has 1 aromatic rings. The van der Waals surface area contributed by atoms with Crippen LogP contribution in [0.5, 0.6) is 5.75 Å². The normalized spacial score (nSPS) is 45.5. The molecule has 4 aliphatic rings. The molecule has 0 bridgehead atoms. The average Bonchev–Trinajstić information content (AvgIpc) is 3.08. The largest absolute Gasteiger partial charge is 0.479 e. The Hall–Kier alpha value is -1.71. The van der Waals surface area contributed by atoms with Gasteiger partial charge in [0, 0.05) is 0 Å². The van der Waals surface area contributed by atoms with Crippen LogP contribution in [-0.4, -0.2) is 68.3 Å². The van der Waals surface area contributed by atoms with Crippen molar-refractivity contribution in [3.8, 4) is 5.75 Å². The van der Waals surface area contributed by atoms with Gasteiger partial charge >= 0.3 is 5.97 Å². The van der Waals surface area contributed by atoms with E-state index in [-0.39, 0.29) is 11.5 Å². The highest BCUT2D eigenvalue weighted by molar-refractivity contribution is 5.73. The van der Waals surface area contributed by atoms with Gasteiger partial charge in [-0.15, -0.1) is 0 Å². The van der Waals surface area contributed by atoms with E-state index in [9.17, 15) is 30.3 Å². The Kier molecular flexibility index (Phi) is 5.49. The van der Waals surface area contributed by atoms with Crippen molar-refractivity contribution < 1.29 is 39.8 Å². The molecule has 1 aliphatic heterocycles. The van der Waals surface area contributed by atoms with Crippen LogP contribution < -0.4 is 4.74 Å². The minimum atomic E-state index is -1.74. The number of carbonyl (C=O) groups is 1. The van der Waals surface area contributed by atoms with E-state index in [1.54, 1.807) is 6.07 Å². The zero-order chi connectivity index (χ0) is 22.8. The summed E-state index contributed by atoms with van der Waals surface area (Å²) >= 11 is 0. The number of hydrogen-bond acceptors (Lipinski definition) is 7. The molecule has 0 radical (unpaired) electrons. The van der Waals surface area contributed by atoms with Gasteiger partial charge in [0.25, 0.3) is 0 Å². The first-order valence-electron chi connectivity index (χ1n) is 11.6. The molecule has 8 heteroatoms. The topological polar surface area (TPSA) is 137 Å². The summed E-state index contributed by atoms with van der Waals surface area (Å²) in [5, 5.41) is 49.8. The molecular formula is C24H32O8. The zero-order valence-corrected chi connectivity index (χ0v) is 18.1. The first kappa shape index (κ1) is 22.1. The molecule has 32 heavy (non-hydrogen) atoms. The van der Waals surface area contributed by atoms with Crippen LogP contribution in [0.2, 0.25) is 0 Å². The van der Waals surface area contributed by atoms with Crippen LogP contribution in [0.1, 0.15) is 56.1 Å². The molecule has 10 atom stereocenters. The lowest BCUT2D eigenvalue weighted by atomic mass is 9.56. The quantitative estimate of drug-likeness (QED) is 0.463. The fourth-order valence-electron chi connectivity index (χ4n) is 6.89. The number of benzene rings is 1. The Morgan fingerprint density at radius 1 is 1.09 bits per heavy atom. The summed E-state index contributed by atoms with van der Waals surface area (Å²) in [5.41, 5.74) is 2.51. The minimum absolute atomic E-state index is 0.0300. The Balaban J connectivity index is 1.34. The van der Waals surface area contributed by atoms with E-state index in [0.717, 1.165) is 38.5 Å². The third-order valence-electron chi connectivity index (χ3n) is 8.71. The second-order valence-corrected chi connectivity index (χ2v) is 10.3. The van der Waals surface area contributed by atoms with Crippen LogP contribution in [0.4, 0.5) is 0 Å². The molecular weight excluding hydrogens is 418 g/mol. The molecule has 1 heterocycles. The number of rotatable bonds is 3. The van der Waals surface area contributed by atoms with E-state index >= 15 is 0 Å². The molecule has 8 nitrogen and oxygen atoms in total. The monoisotopic (exact) mass is 450 g/mol. The van der Waals surface area contributed by atoms with Gasteiger partial charge in [-0.25, -0.2) is 4.79 Å². The highest BCUT2D eigenvalue weighted by atomic mass is 16.7. The molecule has 0 spiro atoms. The van der Waals surface area contributed by atoms with Crippen LogP contribution in [0.15, 0.2) is 18.2 Å². The molecule has 5 N–H and O–H groups in total. The lowest BCUT2D eigenvalue weighted by molar-refractivity contribution is -0.271. The molecule has 5 rings (SSSR count). The molecule has 0 amide bonds. The van der Waals surface area contributed by atoms with Crippen molar-refractivity contribution in [2.45, 2.75) is 88.2 Å². The average molecular weight is 451 g/mol. The van der Waals surface area contributed by atoms with E-state index in [2.05, 4.69) is 6.92 Å². The predicted octanol–water partition coefficient (Wildman–Crippen LogP) is 1.17. The third kappa shape index (κ3) is 3.35. The van der Waals surface area contributed by atoms with Gasteiger partial charge in [-0.2, -0.15) is 0 Å². The van der Waals surface area contributed by atoms with E-state index in [4.69, 9.17) is 9.47 Å². The number of aliphatic carboxylic acids is 1. The molecule has 2 saturated carbocycles. The summed E-state index contributed by atoms with van der Waals surface area (Å²) < 4.78 is 11.0. The van der Waals surface area contributed by atoms with Crippen molar-refractivity contribution in [2.75, 3.05) is 0 Å². The zero-order valence-electron chi connectivity index (χ0n) is 18.1. The number of aliphatic hydroxyl groups is 4. The Bertz CT molecular complexity index is 889. The standard InChI is InChI=1S/C24H32O8/c1-24-9-8-14-13-5-3-12(10-11(13)2-4-15(14)16(24)6-7-17(24)25)31-23-20(28)18(26)19(27)21(32-23)22(29)30/h3,5,10,14-21,23,25-28H,2,4,6-9H2,1H3,(H,29,30)/t14-,15-,16+,17+,18+,19+,20-,21+,23+,24+/m1/s1/i10+2. The number of aliphatic hydroxyl groups excluding tert-OH is 4. The van der Waals surface area contributed by atoms with E-state index in [1.807, 2.05) is 12.1 Å². The van der Waals surface area contributed by atoms with Gasteiger partial charge in [-0.3, -0.25) is 0 Å². The number of carboxylic acid groups (broad SMARTS) is 1. The summed E-state index contributed by atoms with van der Waals surface area (Å²) in [6.07, 6.45) is -2.28. The summed E-state index contributed by atoms with van der Waals surface area (Å²) in [6, 6.07) is 5.75. The summed E-state index contributed by atoms with van der Waals surface area (Å²) in [5.74, 6) is 0.570. The van der Waals surface area contributed by atoms with Crippen molar-refractivity contribution in [3.05, 3.63) is 29.3 Å². The maximum atomic E-state index is 11.3. The Morgan fingerprint density at radius 3 is 2.62 bits per heavy atom. The van der Waals surface area contributed by atoms with E-state index in [1.165, 1.54) is 11.1 Å². The van der Waals surface area contributed by atoms with Crippen LogP contribution in [-0.2, 0) is 16.0 Å². The Labute approximate surface area is 186 Å². The summed E-state index contributed by atoms with van der Waals surface area (Å²) in [4.78, 5) is 11.3. The first-order chi connectivity index (χ1) is 15.2. The van der Waals surface area contributed by atoms with Gasteiger partial charge in [0.15, 0.2) is 6.10 Å². The van der Waals surface area contributed by atoms with Crippen LogP contribution >= 0.6 is 0 Å². The molecule has 0 unspecified atom stereocenters. The molecule has 176 valence electrons. The SMILES string of the molecule is C[C@]12CC[C@@H]3c4ccc(O[C@H]5O[C@H](C(=O)O)[C@@H](O)[C@H](O)[C@H]5O)[14cH]c4CC[C@H]3[C@@H]1CC[C@@H]2O. The van der Waals surface area contributed by atoms with Crippen molar-refractivity contribution in [3.63, 3.8) is 0 Å². The maximum Gasteiger partial charge on any atom is 0.335 e. The maximum absolute atomic E-state index is 11.3. The van der Waals surface area contributed by atoms with Crippen LogP contribution in [0.25, 0.3) is 0 Å². The first-order valence-corrected chi connectivity index (χ1v) is 11.6. The number of aryl methyl sites for hydroxylation is 1. The number of hydrogen-bond donors (Lipinski definition) is 5. The van der Waals surface area contributed by atoms with Crippen molar-refractivity contribution >= 4 is 5.97 Å². The fourth-order valence-corrected chi connectivity index (χ4v) is 6.89.